The quantitative estimate of drug-likeness (QED) is 0.428. The minimum atomic E-state index is -0.679. The van der Waals surface area contributed by atoms with Crippen LogP contribution in [0.2, 0.25) is 0 Å². The zero-order valence-corrected chi connectivity index (χ0v) is 23.3. The molecule has 2 fully saturated rings. The van der Waals surface area contributed by atoms with Crippen molar-refractivity contribution in [1.29, 1.82) is 0 Å². The highest BCUT2D eigenvalue weighted by molar-refractivity contribution is 5.95. The van der Waals surface area contributed by atoms with Crippen molar-refractivity contribution in [2.45, 2.75) is 50.4 Å². The maximum atomic E-state index is 13.9. The Bertz CT molecular complexity index is 1410. The molecule has 2 N–H and O–H groups in total. The summed E-state index contributed by atoms with van der Waals surface area (Å²) in [5.41, 5.74) is 2.07. The maximum Gasteiger partial charge on any atom is 0.288 e. The average molecular weight is 560 g/mol. The van der Waals surface area contributed by atoms with E-state index in [0.717, 1.165) is 22.2 Å². The molecule has 9 nitrogen and oxygen atoms in total. The van der Waals surface area contributed by atoms with Gasteiger partial charge in [-0.3, -0.25) is 9.59 Å². The molecule has 216 valence electrons. The molecule has 3 unspecified atom stereocenters. The molecule has 0 aliphatic carbocycles. The van der Waals surface area contributed by atoms with Crippen LogP contribution in [0.1, 0.15) is 44.1 Å². The molecule has 9 heteroatoms. The third kappa shape index (κ3) is 4.97. The third-order valence-corrected chi connectivity index (χ3v) is 8.77. The highest BCUT2D eigenvalue weighted by Crippen LogP contribution is 2.43. The van der Waals surface area contributed by atoms with Crippen molar-refractivity contribution in [2.24, 2.45) is 5.92 Å². The smallest absolute Gasteiger partial charge is 0.288 e. The number of ether oxygens (including phenoxy) is 2. The molecule has 3 atom stereocenters. The second-order valence-electron chi connectivity index (χ2n) is 11.0. The van der Waals surface area contributed by atoms with E-state index in [4.69, 9.17) is 13.9 Å². The van der Waals surface area contributed by atoms with Crippen molar-refractivity contribution in [2.75, 3.05) is 37.9 Å². The van der Waals surface area contributed by atoms with Gasteiger partial charge in [-0.1, -0.05) is 36.4 Å². The summed E-state index contributed by atoms with van der Waals surface area (Å²) in [7, 11) is 0. The van der Waals surface area contributed by atoms with E-state index < -0.39 is 11.8 Å². The summed E-state index contributed by atoms with van der Waals surface area (Å²) in [6.07, 6.45) is 5.33. The van der Waals surface area contributed by atoms with E-state index in [1.165, 1.54) is 0 Å². The van der Waals surface area contributed by atoms with Gasteiger partial charge in [-0.25, -0.2) is 0 Å². The van der Waals surface area contributed by atoms with Crippen LogP contribution in [0, 0.1) is 5.92 Å². The zero-order chi connectivity index (χ0) is 28.4. The first-order chi connectivity index (χ1) is 20.1. The Morgan fingerprint density at radius 3 is 2.63 bits per heavy atom. The minimum Gasteiger partial charge on any atom is -0.464 e. The van der Waals surface area contributed by atoms with E-state index in [1.54, 1.807) is 11.2 Å². The van der Waals surface area contributed by atoms with Crippen LogP contribution in [-0.2, 0) is 19.1 Å². The Balaban J connectivity index is 1.27. The summed E-state index contributed by atoms with van der Waals surface area (Å²) >= 11 is 0. The lowest BCUT2D eigenvalue weighted by molar-refractivity contribution is -0.171. The van der Waals surface area contributed by atoms with Gasteiger partial charge in [0.2, 0.25) is 12.2 Å². The number of allylic oxidation sites excluding steroid dienone is 1. The molecule has 3 aromatic rings. The Hall–Kier alpha value is -3.82. The number of carbonyl (C=O) groups excluding carboxylic acids is 2. The molecule has 0 bridgehead atoms. The number of anilines is 1. The number of aliphatic hydroxyl groups excluding tert-OH is 1. The Morgan fingerprint density at radius 2 is 1.88 bits per heavy atom. The van der Waals surface area contributed by atoms with Crippen LogP contribution in [0.5, 0.6) is 0 Å². The number of piperidine rings is 1. The first kappa shape index (κ1) is 27.4. The van der Waals surface area contributed by atoms with Crippen molar-refractivity contribution in [3.8, 4) is 0 Å². The molecule has 3 aliphatic rings. The number of aliphatic hydroxyl groups is 1. The fourth-order valence-corrected chi connectivity index (χ4v) is 6.64. The van der Waals surface area contributed by atoms with Crippen molar-refractivity contribution >= 4 is 28.5 Å². The zero-order valence-electron chi connectivity index (χ0n) is 23.3. The second kappa shape index (κ2) is 11.6. The fraction of sp³-hybridized carbons (Fsp3) is 0.438. The molecule has 6 rings (SSSR count). The molecule has 2 amide bonds. The van der Waals surface area contributed by atoms with E-state index in [-0.39, 0.29) is 36.0 Å². The third-order valence-electron chi connectivity index (χ3n) is 8.77. The summed E-state index contributed by atoms with van der Waals surface area (Å²) in [5, 5.41) is 13.6. The van der Waals surface area contributed by atoms with Crippen molar-refractivity contribution in [3.05, 3.63) is 78.3 Å². The molecule has 3 aliphatic heterocycles. The molecule has 1 spiro atoms. The van der Waals surface area contributed by atoms with Crippen LogP contribution in [0.4, 0.5) is 5.69 Å². The lowest BCUT2D eigenvalue weighted by Gasteiger charge is -2.44. The van der Waals surface area contributed by atoms with Crippen LogP contribution < -0.4 is 10.2 Å². The van der Waals surface area contributed by atoms with Gasteiger partial charge in [0.15, 0.2) is 5.76 Å². The van der Waals surface area contributed by atoms with Gasteiger partial charge in [-0.2, -0.15) is 0 Å². The first-order valence-electron chi connectivity index (χ1n) is 14.5. The van der Waals surface area contributed by atoms with E-state index >= 15 is 0 Å². The lowest BCUT2D eigenvalue weighted by Crippen LogP contribution is -2.57. The van der Waals surface area contributed by atoms with Gasteiger partial charge in [-0.05, 0) is 56.9 Å². The number of nitrogens with zero attached hydrogens (tertiary/aromatic N) is 2. The molecule has 0 saturated carbocycles. The topological polar surface area (TPSA) is 104 Å². The van der Waals surface area contributed by atoms with Gasteiger partial charge in [0, 0.05) is 54.8 Å². The molecular formula is C32H37N3O6. The number of hydrogen-bond acceptors (Lipinski definition) is 7. The van der Waals surface area contributed by atoms with E-state index in [0.29, 0.717) is 52.0 Å². The van der Waals surface area contributed by atoms with Gasteiger partial charge >= 0.3 is 0 Å². The van der Waals surface area contributed by atoms with Gasteiger partial charge in [0.05, 0.1) is 12.9 Å². The van der Waals surface area contributed by atoms with Crippen LogP contribution in [0.25, 0.3) is 11.0 Å². The number of benzene rings is 2. The summed E-state index contributed by atoms with van der Waals surface area (Å²) < 4.78 is 18.2. The highest BCUT2D eigenvalue weighted by Gasteiger charge is 2.51. The Labute approximate surface area is 239 Å². The first-order valence-corrected chi connectivity index (χ1v) is 14.5. The summed E-state index contributed by atoms with van der Waals surface area (Å²) in [6, 6.07) is 17.8. The van der Waals surface area contributed by atoms with Crippen molar-refractivity contribution in [3.63, 3.8) is 0 Å². The van der Waals surface area contributed by atoms with Crippen LogP contribution in [0.15, 0.2) is 77.1 Å². The predicted octanol–water partition coefficient (Wildman–Crippen LogP) is 4.14. The molecule has 4 heterocycles. The van der Waals surface area contributed by atoms with Gasteiger partial charge in [0.1, 0.15) is 11.1 Å². The fourth-order valence-electron chi connectivity index (χ4n) is 6.64. The van der Waals surface area contributed by atoms with E-state index in [9.17, 15) is 14.7 Å². The van der Waals surface area contributed by atoms with E-state index in [1.807, 2.05) is 67.6 Å². The molecule has 41 heavy (non-hydrogen) atoms. The predicted molar refractivity (Wildman–Crippen MR) is 154 cm³/mol. The molecular weight excluding hydrogens is 522 g/mol. The largest absolute Gasteiger partial charge is 0.464 e. The number of amides is 2. The van der Waals surface area contributed by atoms with Gasteiger partial charge in [0.25, 0.3) is 5.91 Å². The SMILES string of the molecule is CCOC1OC(C(=O)N2CCC3(CC2)C(=O)NCN3c2ccccc2)=CC(c2coc3ccccc23)C1CCCO. The number of furan rings is 1. The maximum absolute atomic E-state index is 13.9. The normalized spacial score (nSPS) is 23.9. The highest BCUT2D eigenvalue weighted by atomic mass is 16.7. The number of carbonyl (C=O) groups is 2. The summed E-state index contributed by atoms with van der Waals surface area (Å²) in [4.78, 5) is 30.9. The summed E-state index contributed by atoms with van der Waals surface area (Å²) in [5.74, 6) is -0.236. The number of para-hydroxylation sites is 2. The number of likely N-dealkylation sites (tertiary alicyclic amines) is 1. The Kier molecular flexibility index (Phi) is 7.73. The second-order valence-corrected chi connectivity index (χ2v) is 11.0. The van der Waals surface area contributed by atoms with Gasteiger partial charge in [-0.15, -0.1) is 0 Å². The standard InChI is InChI=1S/C32H37N3O6/c1-2-39-30-24(12-8-18-36)25(26-20-40-27-13-7-6-11-23(26)27)19-28(41-30)29(37)34-16-14-32(15-17-34)31(38)33-21-35(32)22-9-4-3-5-10-22/h3-7,9-11,13,19-20,24-25,30,36H,2,8,12,14-18,21H2,1H3,(H,33,38). The van der Waals surface area contributed by atoms with Gasteiger partial charge < -0.3 is 34.1 Å². The number of nitrogens with one attached hydrogen (secondary N) is 1. The average Bonchev–Trinajstić information content (AvgIpc) is 3.58. The number of fused-ring (bicyclic) bond motifs is 1. The van der Waals surface area contributed by atoms with Crippen LogP contribution in [0.3, 0.4) is 0 Å². The minimum absolute atomic E-state index is 0.0108. The molecule has 2 saturated heterocycles. The van der Waals surface area contributed by atoms with E-state index in [2.05, 4.69) is 10.2 Å². The molecule has 2 aromatic carbocycles. The van der Waals surface area contributed by atoms with Crippen molar-refractivity contribution < 1.29 is 28.6 Å². The van der Waals surface area contributed by atoms with Crippen LogP contribution >= 0.6 is 0 Å². The molecule has 1 aromatic heterocycles. The number of hydrogen-bond donors (Lipinski definition) is 2. The Morgan fingerprint density at radius 1 is 1.12 bits per heavy atom. The number of rotatable bonds is 8. The summed E-state index contributed by atoms with van der Waals surface area (Å²) in [6.45, 7) is 3.72. The van der Waals surface area contributed by atoms with Crippen molar-refractivity contribution in [1.82, 2.24) is 10.2 Å². The molecule has 0 radical (unpaired) electrons. The monoisotopic (exact) mass is 559 g/mol. The lowest BCUT2D eigenvalue weighted by atomic mass is 9.80. The van der Waals surface area contributed by atoms with Crippen LogP contribution in [-0.4, -0.2) is 66.6 Å².